The predicted molar refractivity (Wildman–Crippen MR) is 69.5 cm³/mol. The van der Waals surface area contributed by atoms with Crippen LogP contribution in [0, 0.1) is 6.92 Å². The van der Waals surface area contributed by atoms with E-state index in [9.17, 15) is 4.79 Å². The van der Waals surface area contributed by atoms with Crippen LogP contribution in [0.1, 0.15) is 11.4 Å². The fourth-order valence-corrected chi connectivity index (χ4v) is 1.85. The number of carbonyl (C=O) groups excluding carboxylic acids is 1. The minimum Gasteiger partial charge on any atom is -0.326 e. The van der Waals surface area contributed by atoms with Crippen molar-refractivity contribution < 1.29 is 4.79 Å². The standard InChI is InChI=1S/C12H12N6O/c1-7-4-9(15-14-7)6-12(19)13-8-2-3-10-11(5-8)17-18-16-10/h2-5H,6H2,1H3,(H,13,19)(H,14,15)(H,16,17,18). The Morgan fingerprint density at radius 3 is 2.84 bits per heavy atom. The van der Waals surface area contributed by atoms with E-state index in [-0.39, 0.29) is 12.3 Å². The second-order valence-electron chi connectivity index (χ2n) is 4.29. The average Bonchev–Trinajstić information content (AvgIpc) is 2.97. The van der Waals surface area contributed by atoms with Crippen LogP contribution in [0.3, 0.4) is 0 Å². The van der Waals surface area contributed by atoms with E-state index in [2.05, 4.69) is 30.9 Å². The quantitative estimate of drug-likeness (QED) is 0.655. The number of aromatic nitrogens is 5. The van der Waals surface area contributed by atoms with Gasteiger partial charge in [-0.25, -0.2) is 0 Å². The normalized spacial score (nSPS) is 10.8. The fraction of sp³-hybridized carbons (Fsp3) is 0.167. The van der Waals surface area contributed by atoms with E-state index in [1.54, 1.807) is 18.2 Å². The molecular weight excluding hydrogens is 244 g/mol. The van der Waals surface area contributed by atoms with E-state index < -0.39 is 0 Å². The molecule has 3 N–H and O–H groups in total. The molecule has 0 aliphatic heterocycles. The summed E-state index contributed by atoms with van der Waals surface area (Å²) in [6.45, 7) is 1.90. The van der Waals surface area contributed by atoms with Gasteiger partial charge in [0.05, 0.1) is 12.1 Å². The monoisotopic (exact) mass is 256 g/mol. The highest BCUT2D eigenvalue weighted by Gasteiger charge is 2.07. The highest BCUT2D eigenvalue weighted by molar-refractivity contribution is 5.93. The van der Waals surface area contributed by atoms with Crippen LogP contribution in [0.2, 0.25) is 0 Å². The van der Waals surface area contributed by atoms with E-state index >= 15 is 0 Å². The Morgan fingerprint density at radius 1 is 1.21 bits per heavy atom. The summed E-state index contributed by atoms with van der Waals surface area (Å²) >= 11 is 0. The molecule has 19 heavy (non-hydrogen) atoms. The number of hydrogen-bond acceptors (Lipinski definition) is 4. The van der Waals surface area contributed by atoms with Crippen LogP contribution in [-0.2, 0) is 11.2 Å². The number of carbonyl (C=O) groups is 1. The van der Waals surface area contributed by atoms with Gasteiger partial charge in [0.2, 0.25) is 5.91 Å². The molecule has 7 nitrogen and oxygen atoms in total. The van der Waals surface area contributed by atoms with E-state index in [1.165, 1.54) is 0 Å². The molecule has 0 unspecified atom stereocenters. The van der Waals surface area contributed by atoms with Crippen molar-refractivity contribution in [2.75, 3.05) is 5.32 Å². The SMILES string of the molecule is Cc1cc(CC(=O)Nc2ccc3n[nH]nc3c2)n[nH]1. The lowest BCUT2D eigenvalue weighted by atomic mass is 10.2. The molecule has 1 amide bonds. The average molecular weight is 256 g/mol. The molecule has 0 saturated heterocycles. The van der Waals surface area contributed by atoms with Gasteiger partial charge in [-0.2, -0.15) is 20.5 Å². The smallest absolute Gasteiger partial charge is 0.230 e. The van der Waals surface area contributed by atoms with Gasteiger partial charge in [-0.1, -0.05) is 0 Å². The van der Waals surface area contributed by atoms with E-state index in [1.807, 2.05) is 13.0 Å². The van der Waals surface area contributed by atoms with Crippen molar-refractivity contribution in [2.24, 2.45) is 0 Å². The molecule has 7 heteroatoms. The van der Waals surface area contributed by atoms with Crippen molar-refractivity contribution in [2.45, 2.75) is 13.3 Å². The summed E-state index contributed by atoms with van der Waals surface area (Å²) in [5.41, 5.74) is 3.83. The number of anilines is 1. The Labute approximate surface area is 108 Å². The van der Waals surface area contributed by atoms with Crippen LogP contribution in [0.5, 0.6) is 0 Å². The number of amides is 1. The molecule has 3 aromatic rings. The van der Waals surface area contributed by atoms with Gasteiger partial charge in [0.25, 0.3) is 0 Å². The maximum absolute atomic E-state index is 11.9. The zero-order valence-corrected chi connectivity index (χ0v) is 10.3. The molecular formula is C12H12N6O. The van der Waals surface area contributed by atoms with Crippen LogP contribution in [0.25, 0.3) is 11.0 Å². The van der Waals surface area contributed by atoms with Gasteiger partial charge in [0.15, 0.2) is 0 Å². The summed E-state index contributed by atoms with van der Waals surface area (Å²) in [5, 5.41) is 20.1. The Balaban J connectivity index is 1.71. The van der Waals surface area contributed by atoms with Crippen molar-refractivity contribution in [3.8, 4) is 0 Å². The number of H-pyrrole nitrogens is 2. The minimum absolute atomic E-state index is 0.116. The number of nitrogens with one attached hydrogen (secondary N) is 3. The second kappa shape index (κ2) is 4.52. The van der Waals surface area contributed by atoms with Gasteiger partial charge in [-0.05, 0) is 31.2 Å². The van der Waals surface area contributed by atoms with Crippen molar-refractivity contribution in [1.82, 2.24) is 25.6 Å². The van der Waals surface area contributed by atoms with Crippen molar-refractivity contribution >= 4 is 22.6 Å². The van der Waals surface area contributed by atoms with Gasteiger partial charge < -0.3 is 5.32 Å². The Hall–Kier alpha value is -2.70. The van der Waals surface area contributed by atoms with E-state index in [0.29, 0.717) is 11.2 Å². The van der Waals surface area contributed by atoms with Gasteiger partial charge in [-0.3, -0.25) is 9.89 Å². The lowest BCUT2D eigenvalue weighted by Gasteiger charge is -2.03. The number of rotatable bonds is 3. The molecule has 0 spiro atoms. The predicted octanol–water partition coefficient (Wildman–Crippen LogP) is 1.17. The third-order valence-electron chi connectivity index (χ3n) is 2.70. The molecule has 3 rings (SSSR count). The molecule has 0 aliphatic rings. The minimum atomic E-state index is -0.116. The summed E-state index contributed by atoms with van der Waals surface area (Å²) < 4.78 is 0. The molecule has 0 bridgehead atoms. The summed E-state index contributed by atoms with van der Waals surface area (Å²) in [6.07, 6.45) is 0.237. The molecule has 1 aromatic carbocycles. The third kappa shape index (κ3) is 2.44. The van der Waals surface area contributed by atoms with Crippen molar-refractivity contribution in [3.63, 3.8) is 0 Å². The van der Waals surface area contributed by atoms with E-state index in [4.69, 9.17) is 0 Å². The summed E-state index contributed by atoms with van der Waals surface area (Å²) in [5.74, 6) is -0.116. The lowest BCUT2D eigenvalue weighted by molar-refractivity contribution is -0.115. The van der Waals surface area contributed by atoms with Crippen LogP contribution in [0.15, 0.2) is 24.3 Å². The largest absolute Gasteiger partial charge is 0.326 e. The van der Waals surface area contributed by atoms with Crippen LogP contribution >= 0.6 is 0 Å². The zero-order chi connectivity index (χ0) is 13.2. The number of fused-ring (bicyclic) bond motifs is 1. The lowest BCUT2D eigenvalue weighted by Crippen LogP contribution is -2.14. The first kappa shape index (κ1) is 11.4. The van der Waals surface area contributed by atoms with Crippen LogP contribution < -0.4 is 5.32 Å². The Kier molecular flexibility index (Phi) is 2.71. The maximum atomic E-state index is 11.9. The molecule has 2 heterocycles. The highest BCUT2D eigenvalue weighted by Crippen LogP contribution is 2.15. The molecule has 0 radical (unpaired) electrons. The molecule has 2 aromatic heterocycles. The summed E-state index contributed by atoms with van der Waals surface area (Å²) in [4.78, 5) is 11.9. The fourth-order valence-electron chi connectivity index (χ4n) is 1.85. The number of aromatic amines is 2. The van der Waals surface area contributed by atoms with Gasteiger partial charge in [-0.15, -0.1) is 0 Å². The maximum Gasteiger partial charge on any atom is 0.230 e. The molecule has 0 atom stereocenters. The summed E-state index contributed by atoms with van der Waals surface area (Å²) in [7, 11) is 0. The van der Waals surface area contributed by atoms with E-state index in [0.717, 1.165) is 16.9 Å². The second-order valence-corrected chi connectivity index (χ2v) is 4.29. The van der Waals surface area contributed by atoms with Crippen LogP contribution in [-0.4, -0.2) is 31.5 Å². The van der Waals surface area contributed by atoms with Gasteiger partial charge in [0, 0.05) is 11.4 Å². The van der Waals surface area contributed by atoms with Gasteiger partial charge >= 0.3 is 0 Å². The topological polar surface area (TPSA) is 99.3 Å². The molecule has 0 fully saturated rings. The Morgan fingerprint density at radius 2 is 2.05 bits per heavy atom. The zero-order valence-electron chi connectivity index (χ0n) is 10.3. The number of hydrogen-bond donors (Lipinski definition) is 3. The Bertz CT molecular complexity index is 728. The first-order valence-electron chi connectivity index (χ1n) is 5.82. The highest BCUT2D eigenvalue weighted by atomic mass is 16.1. The summed E-state index contributed by atoms with van der Waals surface area (Å²) in [6, 6.07) is 7.21. The van der Waals surface area contributed by atoms with Crippen LogP contribution in [0.4, 0.5) is 5.69 Å². The molecule has 96 valence electrons. The first-order chi connectivity index (χ1) is 9.20. The molecule has 0 aliphatic carbocycles. The van der Waals surface area contributed by atoms with Crippen molar-refractivity contribution in [3.05, 3.63) is 35.7 Å². The molecule has 0 saturated carbocycles. The number of aryl methyl sites for hydroxylation is 1. The van der Waals surface area contributed by atoms with Gasteiger partial charge in [0.1, 0.15) is 11.0 Å². The van der Waals surface area contributed by atoms with Crippen molar-refractivity contribution in [1.29, 1.82) is 0 Å². The number of nitrogens with zero attached hydrogens (tertiary/aromatic N) is 3. The third-order valence-corrected chi connectivity index (χ3v) is 2.70. The first-order valence-corrected chi connectivity index (χ1v) is 5.82. The number of benzene rings is 1.